The Kier molecular flexibility index (Phi) is 4.23. The molecule has 0 saturated carbocycles. The standard InChI is InChI=1S/C22H26N2O2/c1-22(2)15-24-13-12-23(14-20(24)18-6-4-5-7-19(18)22)21(25)16-8-10-17(26-3)11-9-16/h4-11,20H,12-15H2,1-3H3. The Hall–Kier alpha value is -2.33. The summed E-state index contributed by atoms with van der Waals surface area (Å²) in [6.07, 6.45) is 0. The molecule has 1 unspecified atom stereocenters. The van der Waals surface area contributed by atoms with Gasteiger partial charge in [0.25, 0.3) is 5.91 Å². The lowest BCUT2D eigenvalue weighted by Gasteiger charge is -2.50. The van der Waals surface area contributed by atoms with Gasteiger partial charge in [-0.2, -0.15) is 0 Å². The van der Waals surface area contributed by atoms with E-state index in [4.69, 9.17) is 4.74 Å². The van der Waals surface area contributed by atoms with Gasteiger partial charge < -0.3 is 9.64 Å². The summed E-state index contributed by atoms with van der Waals surface area (Å²) in [7, 11) is 1.64. The fourth-order valence-electron chi connectivity index (χ4n) is 4.40. The van der Waals surface area contributed by atoms with Crippen LogP contribution in [-0.2, 0) is 5.41 Å². The lowest BCUT2D eigenvalue weighted by atomic mass is 9.75. The predicted molar refractivity (Wildman–Crippen MR) is 103 cm³/mol. The topological polar surface area (TPSA) is 32.8 Å². The number of rotatable bonds is 2. The zero-order valence-corrected chi connectivity index (χ0v) is 15.7. The first-order valence-electron chi connectivity index (χ1n) is 9.26. The predicted octanol–water partition coefficient (Wildman–Crippen LogP) is 3.49. The van der Waals surface area contributed by atoms with E-state index in [2.05, 4.69) is 43.0 Å². The van der Waals surface area contributed by atoms with Gasteiger partial charge >= 0.3 is 0 Å². The molecule has 2 aromatic rings. The van der Waals surface area contributed by atoms with Gasteiger partial charge in [-0.05, 0) is 35.4 Å². The summed E-state index contributed by atoms with van der Waals surface area (Å²) in [5.74, 6) is 0.879. The summed E-state index contributed by atoms with van der Waals surface area (Å²) < 4.78 is 5.19. The minimum absolute atomic E-state index is 0.106. The van der Waals surface area contributed by atoms with Crippen LogP contribution in [0.1, 0.15) is 41.4 Å². The molecular weight excluding hydrogens is 324 g/mol. The molecule has 1 fully saturated rings. The molecule has 0 spiro atoms. The molecule has 26 heavy (non-hydrogen) atoms. The molecule has 1 saturated heterocycles. The summed E-state index contributed by atoms with van der Waals surface area (Å²) in [5, 5.41) is 0. The number of fused-ring (bicyclic) bond motifs is 3. The molecule has 4 nitrogen and oxygen atoms in total. The van der Waals surface area contributed by atoms with Crippen LogP contribution in [0.2, 0.25) is 0 Å². The number of nitrogens with zero attached hydrogens (tertiary/aromatic N) is 2. The van der Waals surface area contributed by atoms with E-state index < -0.39 is 0 Å². The maximum Gasteiger partial charge on any atom is 0.253 e. The molecule has 2 aliphatic rings. The zero-order valence-electron chi connectivity index (χ0n) is 15.7. The van der Waals surface area contributed by atoms with Crippen molar-refractivity contribution in [1.82, 2.24) is 9.80 Å². The minimum Gasteiger partial charge on any atom is -0.497 e. The normalized spacial score (nSPS) is 21.7. The second-order valence-electron chi connectivity index (χ2n) is 7.94. The molecule has 0 aromatic heterocycles. The third-order valence-corrected chi connectivity index (χ3v) is 5.76. The number of amides is 1. The van der Waals surface area contributed by atoms with E-state index in [1.54, 1.807) is 7.11 Å². The summed E-state index contributed by atoms with van der Waals surface area (Å²) in [4.78, 5) is 17.5. The van der Waals surface area contributed by atoms with Crippen molar-refractivity contribution in [2.24, 2.45) is 0 Å². The highest BCUT2D eigenvalue weighted by Crippen LogP contribution is 2.41. The van der Waals surface area contributed by atoms with Crippen LogP contribution in [0.3, 0.4) is 0 Å². The monoisotopic (exact) mass is 350 g/mol. The van der Waals surface area contributed by atoms with Crippen molar-refractivity contribution >= 4 is 5.91 Å². The fourth-order valence-corrected chi connectivity index (χ4v) is 4.40. The molecule has 0 N–H and O–H groups in total. The van der Waals surface area contributed by atoms with Crippen LogP contribution in [0, 0.1) is 0 Å². The molecule has 0 aliphatic carbocycles. The molecule has 2 aliphatic heterocycles. The molecule has 0 radical (unpaired) electrons. The SMILES string of the molecule is COc1ccc(C(=O)N2CCN3CC(C)(C)c4ccccc4C3C2)cc1. The molecule has 1 amide bonds. The van der Waals surface area contributed by atoms with Gasteiger partial charge in [0.05, 0.1) is 13.2 Å². The summed E-state index contributed by atoms with van der Waals surface area (Å²) in [6.45, 7) is 8.12. The first-order valence-corrected chi connectivity index (χ1v) is 9.26. The maximum absolute atomic E-state index is 13.0. The zero-order chi connectivity index (χ0) is 18.3. The van der Waals surface area contributed by atoms with Crippen LogP contribution in [0.5, 0.6) is 5.75 Å². The molecule has 2 heterocycles. The number of carbonyl (C=O) groups excluding carboxylic acids is 1. The van der Waals surface area contributed by atoms with E-state index in [0.29, 0.717) is 0 Å². The van der Waals surface area contributed by atoms with Gasteiger partial charge in [0.1, 0.15) is 5.75 Å². The smallest absolute Gasteiger partial charge is 0.253 e. The van der Waals surface area contributed by atoms with E-state index in [1.807, 2.05) is 29.2 Å². The van der Waals surface area contributed by atoms with E-state index >= 15 is 0 Å². The average Bonchev–Trinajstić information content (AvgIpc) is 2.67. The van der Waals surface area contributed by atoms with Gasteiger partial charge in [-0.15, -0.1) is 0 Å². The summed E-state index contributed by atoms with van der Waals surface area (Å²) in [5.41, 5.74) is 3.66. The van der Waals surface area contributed by atoms with E-state index in [9.17, 15) is 4.79 Å². The van der Waals surface area contributed by atoms with Crippen molar-refractivity contribution < 1.29 is 9.53 Å². The number of ether oxygens (including phenoxy) is 1. The van der Waals surface area contributed by atoms with Crippen molar-refractivity contribution in [2.45, 2.75) is 25.3 Å². The molecule has 4 rings (SSSR count). The second kappa shape index (κ2) is 6.44. The molecular formula is C22H26N2O2. The fraction of sp³-hybridized carbons (Fsp3) is 0.409. The van der Waals surface area contributed by atoms with Gasteiger partial charge in [-0.25, -0.2) is 0 Å². The summed E-state index contributed by atoms with van der Waals surface area (Å²) >= 11 is 0. The van der Waals surface area contributed by atoms with Gasteiger partial charge in [0, 0.05) is 37.2 Å². The van der Waals surface area contributed by atoms with Crippen molar-refractivity contribution in [3.8, 4) is 5.75 Å². The van der Waals surface area contributed by atoms with Gasteiger partial charge in [-0.1, -0.05) is 38.1 Å². The molecule has 136 valence electrons. The Bertz CT molecular complexity index is 813. The molecule has 1 atom stereocenters. The first kappa shape index (κ1) is 17.1. The Morgan fingerprint density at radius 3 is 2.54 bits per heavy atom. The van der Waals surface area contributed by atoms with Gasteiger partial charge in [-0.3, -0.25) is 9.69 Å². The van der Waals surface area contributed by atoms with E-state index in [-0.39, 0.29) is 17.4 Å². The number of hydrogen-bond donors (Lipinski definition) is 0. The van der Waals surface area contributed by atoms with Crippen molar-refractivity contribution in [1.29, 1.82) is 0 Å². The van der Waals surface area contributed by atoms with Gasteiger partial charge in [0.2, 0.25) is 0 Å². The van der Waals surface area contributed by atoms with Crippen molar-refractivity contribution in [3.05, 3.63) is 65.2 Å². The Morgan fingerprint density at radius 1 is 1.08 bits per heavy atom. The van der Waals surface area contributed by atoms with Crippen molar-refractivity contribution in [3.63, 3.8) is 0 Å². The third-order valence-electron chi connectivity index (χ3n) is 5.76. The van der Waals surface area contributed by atoms with Crippen LogP contribution in [0.15, 0.2) is 48.5 Å². The van der Waals surface area contributed by atoms with E-state index in [1.165, 1.54) is 11.1 Å². The average molecular weight is 350 g/mol. The van der Waals surface area contributed by atoms with E-state index in [0.717, 1.165) is 37.5 Å². The Morgan fingerprint density at radius 2 is 1.81 bits per heavy atom. The number of piperazine rings is 1. The highest BCUT2D eigenvalue weighted by molar-refractivity contribution is 5.94. The molecule has 2 aromatic carbocycles. The highest BCUT2D eigenvalue weighted by Gasteiger charge is 2.40. The van der Waals surface area contributed by atoms with Crippen LogP contribution in [0.25, 0.3) is 0 Å². The van der Waals surface area contributed by atoms with Gasteiger partial charge in [0.15, 0.2) is 0 Å². The number of benzene rings is 2. The lowest BCUT2D eigenvalue weighted by Crippen LogP contribution is -2.55. The second-order valence-corrected chi connectivity index (χ2v) is 7.94. The van der Waals surface area contributed by atoms with Crippen LogP contribution in [0.4, 0.5) is 0 Å². The summed E-state index contributed by atoms with van der Waals surface area (Å²) in [6, 6.07) is 16.4. The van der Waals surface area contributed by atoms with Crippen molar-refractivity contribution in [2.75, 3.05) is 33.3 Å². The van der Waals surface area contributed by atoms with Crippen LogP contribution < -0.4 is 4.74 Å². The number of carbonyl (C=O) groups is 1. The lowest BCUT2D eigenvalue weighted by molar-refractivity contribution is 0.0359. The molecule has 4 heteroatoms. The quantitative estimate of drug-likeness (QED) is 0.831. The Balaban J connectivity index is 1.59. The van der Waals surface area contributed by atoms with Crippen LogP contribution in [-0.4, -0.2) is 49.0 Å². The Labute approximate surface area is 155 Å². The maximum atomic E-state index is 13.0. The third kappa shape index (κ3) is 2.88. The number of methoxy groups -OCH3 is 1. The molecule has 0 bridgehead atoms. The van der Waals surface area contributed by atoms with Crippen LogP contribution >= 0.6 is 0 Å². The highest BCUT2D eigenvalue weighted by atomic mass is 16.5. The first-order chi connectivity index (χ1) is 12.5. The minimum atomic E-state index is 0.106. The largest absolute Gasteiger partial charge is 0.497 e. The number of hydrogen-bond acceptors (Lipinski definition) is 3.